The topological polar surface area (TPSA) is 123 Å². The molecule has 0 saturated carbocycles. The summed E-state index contributed by atoms with van der Waals surface area (Å²) >= 11 is 6.20. The van der Waals surface area contributed by atoms with Gasteiger partial charge in [0.15, 0.2) is 11.6 Å². The van der Waals surface area contributed by atoms with Crippen LogP contribution in [0.3, 0.4) is 0 Å². The highest BCUT2D eigenvalue weighted by Crippen LogP contribution is 2.32. The van der Waals surface area contributed by atoms with Crippen LogP contribution in [0, 0.1) is 0 Å². The molecule has 3 N–H and O–H groups in total. The van der Waals surface area contributed by atoms with Crippen LogP contribution in [0.2, 0.25) is 5.02 Å². The van der Waals surface area contributed by atoms with Gasteiger partial charge in [-0.05, 0) is 12.1 Å². The Labute approximate surface area is 167 Å². The highest BCUT2D eigenvalue weighted by Gasteiger charge is 2.13. The Morgan fingerprint density at radius 1 is 1.18 bits per heavy atom. The Hall–Kier alpha value is -3.05. The zero-order valence-corrected chi connectivity index (χ0v) is 16.8. The molecule has 0 unspecified atom stereocenters. The lowest BCUT2D eigenvalue weighted by Gasteiger charge is -2.15. The molecule has 2 heterocycles. The molecule has 0 aliphatic carbocycles. The van der Waals surface area contributed by atoms with Gasteiger partial charge in [-0.1, -0.05) is 11.6 Å². The molecule has 12 heteroatoms. The summed E-state index contributed by atoms with van der Waals surface area (Å²) in [7, 11) is -0.226. The van der Waals surface area contributed by atoms with Crippen LogP contribution in [0.15, 0.2) is 36.7 Å². The van der Waals surface area contributed by atoms with Gasteiger partial charge < -0.3 is 15.4 Å². The van der Waals surface area contributed by atoms with E-state index < -0.39 is 10.0 Å². The number of halogens is 1. The average molecular weight is 424 g/mol. The lowest BCUT2D eigenvalue weighted by Crippen LogP contribution is -2.11. The smallest absolute Gasteiger partial charge is 0.230 e. The molecule has 0 aliphatic heterocycles. The molecule has 0 atom stereocenters. The molecule has 0 aliphatic rings. The first kappa shape index (κ1) is 19.7. The van der Waals surface area contributed by atoms with Crippen LogP contribution in [0.5, 0.6) is 5.75 Å². The Balaban J connectivity index is 1.91. The fraction of sp³-hybridized carbons (Fsp3) is 0.188. The number of aryl methyl sites for hydroxylation is 1. The number of aromatic nitrogens is 4. The molecular formula is C16H18ClN7O3S. The molecule has 0 fully saturated rings. The van der Waals surface area contributed by atoms with Crippen LogP contribution in [-0.4, -0.2) is 41.5 Å². The zero-order valence-electron chi connectivity index (χ0n) is 15.3. The van der Waals surface area contributed by atoms with Crippen LogP contribution in [-0.2, 0) is 17.1 Å². The van der Waals surface area contributed by atoms with Crippen LogP contribution >= 0.6 is 11.6 Å². The predicted molar refractivity (Wildman–Crippen MR) is 108 cm³/mol. The molecule has 3 rings (SSSR count). The van der Waals surface area contributed by atoms with Crippen LogP contribution in [0.25, 0.3) is 0 Å². The van der Waals surface area contributed by atoms with E-state index in [1.807, 2.05) is 0 Å². The number of nitrogens with zero attached hydrogens (tertiary/aromatic N) is 4. The minimum Gasteiger partial charge on any atom is -0.497 e. The van der Waals surface area contributed by atoms with Gasteiger partial charge in [-0.15, -0.1) is 0 Å². The van der Waals surface area contributed by atoms with E-state index >= 15 is 0 Å². The van der Waals surface area contributed by atoms with Gasteiger partial charge in [0.1, 0.15) is 10.8 Å². The summed E-state index contributed by atoms with van der Waals surface area (Å²) in [5.41, 5.74) is 0.728. The van der Waals surface area contributed by atoms with Crippen molar-refractivity contribution in [1.82, 2.24) is 19.7 Å². The SMILES string of the molecule is COc1ccc(Nc2nc(Nc3ccn(C)n3)ncc2Cl)c(NS(C)(=O)=O)c1. The molecule has 1 aromatic carbocycles. The molecule has 2 aromatic heterocycles. The largest absolute Gasteiger partial charge is 0.497 e. The van der Waals surface area contributed by atoms with Crippen molar-refractivity contribution in [3.05, 3.63) is 41.7 Å². The molecule has 28 heavy (non-hydrogen) atoms. The predicted octanol–water partition coefficient (Wildman–Crippen LogP) is 2.73. The average Bonchev–Trinajstić information content (AvgIpc) is 3.02. The number of hydrogen-bond acceptors (Lipinski definition) is 8. The van der Waals surface area contributed by atoms with Gasteiger partial charge in [-0.25, -0.2) is 13.4 Å². The Morgan fingerprint density at radius 3 is 2.61 bits per heavy atom. The summed E-state index contributed by atoms with van der Waals surface area (Å²) < 4.78 is 32.6. The monoisotopic (exact) mass is 423 g/mol. The zero-order chi connectivity index (χ0) is 20.3. The Morgan fingerprint density at radius 2 is 1.96 bits per heavy atom. The summed E-state index contributed by atoms with van der Waals surface area (Å²) in [6.07, 6.45) is 4.26. The van der Waals surface area contributed by atoms with Gasteiger partial charge in [0.05, 0.1) is 30.9 Å². The molecular weight excluding hydrogens is 406 g/mol. The van der Waals surface area contributed by atoms with Crippen molar-refractivity contribution in [3.8, 4) is 5.75 Å². The minimum absolute atomic E-state index is 0.257. The van der Waals surface area contributed by atoms with Gasteiger partial charge in [0, 0.05) is 25.4 Å². The van der Waals surface area contributed by atoms with Crippen molar-refractivity contribution in [1.29, 1.82) is 0 Å². The quantitative estimate of drug-likeness (QED) is 0.530. The van der Waals surface area contributed by atoms with E-state index in [0.29, 0.717) is 17.3 Å². The summed E-state index contributed by atoms with van der Waals surface area (Å²) in [4.78, 5) is 8.45. The van der Waals surface area contributed by atoms with E-state index in [1.54, 1.807) is 42.2 Å². The van der Waals surface area contributed by atoms with Gasteiger partial charge in [-0.3, -0.25) is 9.40 Å². The number of rotatable bonds is 7. The maximum absolute atomic E-state index is 11.7. The number of hydrogen-bond donors (Lipinski definition) is 3. The molecule has 0 saturated heterocycles. The maximum Gasteiger partial charge on any atom is 0.230 e. The van der Waals surface area contributed by atoms with Crippen molar-refractivity contribution < 1.29 is 13.2 Å². The van der Waals surface area contributed by atoms with Crippen LogP contribution < -0.4 is 20.1 Å². The van der Waals surface area contributed by atoms with E-state index in [-0.39, 0.29) is 22.5 Å². The molecule has 0 amide bonds. The summed E-state index contributed by atoms with van der Waals surface area (Å²) in [6.45, 7) is 0. The van der Waals surface area contributed by atoms with Crippen molar-refractivity contribution in [3.63, 3.8) is 0 Å². The number of benzene rings is 1. The number of anilines is 5. The summed E-state index contributed by atoms with van der Waals surface area (Å²) in [5, 5.41) is 10.4. The fourth-order valence-corrected chi connectivity index (χ4v) is 2.99. The maximum atomic E-state index is 11.7. The first-order valence-corrected chi connectivity index (χ1v) is 10.2. The first-order valence-electron chi connectivity index (χ1n) is 7.95. The van der Waals surface area contributed by atoms with Crippen molar-refractivity contribution >= 4 is 50.6 Å². The number of nitrogens with one attached hydrogen (secondary N) is 3. The molecule has 0 spiro atoms. The Bertz CT molecular complexity index is 1100. The van der Waals surface area contributed by atoms with E-state index in [1.165, 1.54) is 13.3 Å². The third-order valence-corrected chi connectivity index (χ3v) is 4.34. The third-order valence-electron chi connectivity index (χ3n) is 3.47. The number of methoxy groups -OCH3 is 1. The molecule has 0 radical (unpaired) electrons. The molecule has 0 bridgehead atoms. The van der Waals surface area contributed by atoms with Gasteiger partial charge >= 0.3 is 0 Å². The summed E-state index contributed by atoms with van der Waals surface area (Å²) in [5.74, 6) is 1.62. The van der Waals surface area contributed by atoms with Crippen LogP contribution in [0.1, 0.15) is 0 Å². The highest BCUT2D eigenvalue weighted by atomic mass is 35.5. The van der Waals surface area contributed by atoms with E-state index in [9.17, 15) is 8.42 Å². The van der Waals surface area contributed by atoms with E-state index in [2.05, 4.69) is 30.4 Å². The van der Waals surface area contributed by atoms with Crippen molar-refractivity contribution in [2.45, 2.75) is 0 Å². The van der Waals surface area contributed by atoms with Crippen LogP contribution in [0.4, 0.5) is 29.0 Å². The van der Waals surface area contributed by atoms with Gasteiger partial charge in [-0.2, -0.15) is 10.1 Å². The fourth-order valence-electron chi connectivity index (χ4n) is 2.28. The van der Waals surface area contributed by atoms with E-state index in [0.717, 1.165) is 6.26 Å². The first-order chi connectivity index (χ1) is 13.2. The van der Waals surface area contributed by atoms with Crippen molar-refractivity contribution in [2.75, 3.05) is 28.7 Å². The second kappa shape index (κ2) is 7.90. The van der Waals surface area contributed by atoms with Gasteiger partial charge in [0.25, 0.3) is 0 Å². The highest BCUT2D eigenvalue weighted by molar-refractivity contribution is 7.92. The third kappa shape index (κ3) is 5.02. The standard InChI is InChI=1S/C16H18ClN7O3S/c1-24-7-6-14(22-24)20-16-18-9-11(17)15(21-16)19-12-5-4-10(27-2)8-13(12)23-28(3,25)26/h4-9,23H,1-3H3,(H2,18,19,20,21,22). The normalized spacial score (nSPS) is 11.1. The second-order valence-corrected chi connectivity index (χ2v) is 7.96. The summed E-state index contributed by atoms with van der Waals surface area (Å²) in [6, 6.07) is 6.64. The second-order valence-electron chi connectivity index (χ2n) is 5.80. The van der Waals surface area contributed by atoms with E-state index in [4.69, 9.17) is 16.3 Å². The number of ether oxygens (including phenoxy) is 1. The lowest BCUT2D eigenvalue weighted by molar-refractivity contribution is 0.415. The minimum atomic E-state index is -3.51. The van der Waals surface area contributed by atoms with Crippen molar-refractivity contribution in [2.24, 2.45) is 7.05 Å². The lowest BCUT2D eigenvalue weighted by atomic mass is 10.2. The molecule has 10 nitrogen and oxygen atoms in total. The Kier molecular flexibility index (Phi) is 5.56. The molecule has 3 aromatic rings. The van der Waals surface area contributed by atoms with Gasteiger partial charge in [0.2, 0.25) is 16.0 Å². The molecule has 148 valence electrons. The number of sulfonamides is 1.